The molecule has 4 rings (SSSR count). The molecule has 0 radical (unpaired) electrons. The fourth-order valence-electron chi connectivity index (χ4n) is 5.90. The zero-order valence-corrected chi connectivity index (χ0v) is 32.1. The number of benzene rings is 4. The van der Waals surface area contributed by atoms with Crippen molar-refractivity contribution >= 4 is 35.1 Å². The van der Waals surface area contributed by atoms with Crippen molar-refractivity contribution in [3.05, 3.63) is 104 Å². The summed E-state index contributed by atoms with van der Waals surface area (Å²) in [4.78, 5) is 21.6. The van der Waals surface area contributed by atoms with Gasteiger partial charge in [0.15, 0.2) is 0 Å². The summed E-state index contributed by atoms with van der Waals surface area (Å²) in [5.41, 5.74) is 7.54. The second-order valence-electron chi connectivity index (χ2n) is 12.7. The number of nitrogens with one attached hydrogen (secondary N) is 2. The second kappa shape index (κ2) is 20.2. The number of rotatable bonds is 21. The number of hydrogen-bond acceptors (Lipinski definition) is 10. The molecule has 14 heteroatoms. The quantitative estimate of drug-likeness (QED) is 0.0557. The first-order chi connectivity index (χ1) is 25.8. The van der Waals surface area contributed by atoms with E-state index in [1.54, 1.807) is 24.3 Å². The summed E-state index contributed by atoms with van der Waals surface area (Å²) >= 11 is 13.2. The van der Waals surface area contributed by atoms with Crippen molar-refractivity contribution in [1.29, 1.82) is 0 Å². The number of carbonyl (C=O) groups is 2. The van der Waals surface area contributed by atoms with Crippen LogP contribution in [-0.4, -0.2) is 71.9 Å². The Labute approximate surface area is 324 Å². The minimum atomic E-state index is -1.07. The monoisotopic (exact) mass is 784 g/mol. The molecule has 0 unspecified atom stereocenters. The van der Waals surface area contributed by atoms with E-state index in [0.717, 1.165) is 44.5 Å². The Morgan fingerprint density at radius 1 is 0.630 bits per heavy atom. The minimum absolute atomic E-state index is 0.0975. The van der Waals surface area contributed by atoms with Gasteiger partial charge in [-0.3, -0.25) is 9.59 Å². The minimum Gasteiger partial charge on any atom is -0.496 e. The Morgan fingerprint density at radius 2 is 1.02 bits per heavy atom. The molecule has 0 fully saturated rings. The Balaban J connectivity index is 1.43. The summed E-state index contributed by atoms with van der Waals surface area (Å²) in [6.45, 7) is 5.39. The molecule has 12 nitrogen and oxygen atoms in total. The van der Waals surface area contributed by atoms with Gasteiger partial charge < -0.3 is 50.0 Å². The predicted octanol–water partition coefficient (Wildman–Crippen LogP) is 6.30. The van der Waals surface area contributed by atoms with E-state index in [4.69, 9.17) is 52.4 Å². The van der Waals surface area contributed by atoms with E-state index in [2.05, 4.69) is 22.8 Å². The van der Waals surface area contributed by atoms with Crippen LogP contribution in [0.1, 0.15) is 46.2 Å². The molecule has 6 N–H and O–H groups in total. The average molecular weight is 786 g/mol. The lowest BCUT2D eigenvalue weighted by Crippen LogP contribution is -2.28. The highest BCUT2D eigenvalue weighted by Gasteiger charge is 2.17. The molecule has 0 aromatic heterocycles. The SMILES string of the molecule is COc1cc(OCc2cccc(-c3cccc(COc4cc(OC)c(CNC[C@@H](O)CC(=O)O)cc4Cl)c3C)c2C)c(Cl)cc1CNC[C@@H](O)CC(=O)O. The van der Waals surface area contributed by atoms with Gasteiger partial charge in [-0.05, 0) is 59.4 Å². The van der Waals surface area contributed by atoms with Gasteiger partial charge in [0, 0.05) is 49.4 Å². The first-order valence-corrected chi connectivity index (χ1v) is 17.9. The lowest BCUT2D eigenvalue weighted by molar-refractivity contribution is -0.140. The normalized spacial score (nSPS) is 12.2. The molecule has 2 atom stereocenters. The van der Waals surface area contributed by atoms with Crippen molar-refractivity contribution in [3.63, 3.8) is 0 Å². The van der Waals surface area contributed by atoms with E-state index in [1.165, 1.54) is 14.2 Å². The van der Waals surface area contributed by atoms with E-state index in [-0.39, 0.29) is 39.1 Å². The third-order valence-electron chi connectivity index (χ3n) is 8.83. The Bertz CT molecular complexity index is 1790. The van der Waals surface area contributed by atoms with Gasteiger partial charge in [-0.1, -0.05) is 59.6 Å². The van der Waals surface area contributed by atoms with Gasteiger partial charge in [0.05, 0.1) is 49.3 Å². The van der Waals surface area contributed by atoms with Crippen LogP contribution in [0, 0.1) is 13.8 Å². The standard InChI is InChI=1S/C40H46Cl2N2O10/c1-23-25(21-53-37-15-35(51-3)27(11-33(37)41)17-43-19-29(45)13-39(47)48)7-5-9-31(23)32-10-6-8-26(24(32)2)22-54-38-16-36(52-4)28(12-34(38)42)18-44-20-30(46)14-40(49)50/h5-12,15-16,29-30,43-46H,13-14,17-22H2,1-4H3,(H,47,48)(H,49,50)/t29-,30-/m0/s1. The van der Waals surface area contributed by atoms with E-state index in [0.29, 0.717) is 46.1 Å². The van der Waals surface area contributed by atoms with Gasteiger partial charge in [-0.2, -0.15) is 0 Å². The predicted molar refractivity (Wildman–Crippen MR) is 206 cm³/mol. The zero-order valence-electron chi connectivity index (χ0n) is 30.6. The van der Waals surface area contributed by atoms with Crippen LogP contribution in [-0.2, 0) is 35.9 Å². The molecular weight excluding hydrogens is 739 g/mol. The van der Waals surface area contributed by atoms with Gasteiger partial charge in [0.25, 0.3) is 0 Å². The van der Waals surface area contributed by atoms with Crippen LogP contribution in [0.5, 0.6) is 23.0 Å². The molecule has 0 heterocycles. The van der Waals surface area contributed by atoms with Crippen LogP contribution in [0.4, 0.5) is 0 Å². The van der Waals surface area contributed by atoms with Crippen molar-refractivity contribution in [2.75, 3.05) is 27.3 Å². The fraction of sp³-hybridized carbons (Fsp3) is 0.350. The number of hydrogen-bond donors (Lipinski definition) is 6. The maximum Gasteiger partial charge on any atom is 0.306 e. The molecule has 0 aliphatic heterocycles. The van der Waals surface area contributed by atoms with Crippen LogP contribution < -0.4 is 29.6 Å². The van der Waals surface area contributed by atoms with Crippen LogP contribution in [0.15, 0.2) is 60.7 Å². The van der Waals surface area contributed by atoms with Crippen LogP contribution in [0.25, 0.3) is 11.1 Å². The molecule has 4 aromatic carbocycles. The number of halogens is 2. The Kier molecular flexibility index (Phi) is 15.8. The molecule has 0 saturated carbocycles. The molecule has 0 amide bonds. The summed E-state index contributed by atoms with van der Waals surface area (Å²) in [6.07, 6.45) is -2.74. The molecule has 0 bridgehead atoms. The lowest BCUT2D eigenvalue weighted by atomic mass is 9.92. The summed E-state index contributed by atoms with van der Waals surface area (Å²) in [5.74, 6) is -0.192. The van der Waals surface area contributed by atoms with Crippen LogP contribution in [0.2, 0.25) is 10.0 Å². The number of carboxylic acid groups (broad SMARTS) is 2. The lowest BCUT2D eigenvalue weighted by Gasteiger charge is -2.18. The molecule has 0 aliphatic carbocycles. The number of aliphatic carboxylic acids is 2. The highest BCUT2D eigenvalue weighted by molar-refractivity contribution is 6.32. The number of ether oxygens (including phenoxy) is 4. The number of methoxy groups -OCH3 is 2. The van der Waals surface area contributed by atoms with Crippen molar-refractivity contribution in [1.82, 2.24) is 10.6 Å². The number of aliphatic hydroxyl groups excluding tert-OH is 2. The molecular formula is C40H46Cl2N2O10. The summed E-state index contributed by atoms with van der Waals surface area (Å²) < 4.78 is 23.5. The third kappa shape index (κ3) is 11.7. The largest absolute Gasteiger partial charge is 0.496 e. The summed E-state index contributed by atoms with van der Waals surface area (Å²) in [5, 5.41) is 44.2. The van der Waals surface area contributed by atoms with E-state index in [1.807, 2.05) is 38.1 Å². The van der Waals surface area contributed by atoms with E-state index >= 15 is 0 Å². The second-order valence-corrected chi connectivity index (χ2v) is 13.5. The zero-order chi connectivity index (χ0) is 39.4. The van der Waals surface area contributed by atoms with Crippen LogP contribution >= 0.6 is 23.2 Å². The van der Waals surface area contributed by atoms with E-state index in [9.17, 15) is 19.8 Å². The van der Waals surface area contributed by atoms with Gasteiger partial charge in [0.2, 0.25) is 0 Å². The third-order valence-corrected chi connectivity index (χ3v) is 9.42. The topological polar surface area (TPSA) is 176 Å². The smallest absolute Gasteiger partial charge is 0.306 e. The molecule has 4 aromatic rings. The first kappa shape index (κ1) is 42.2. The van der Waals surface area contributed by atoms with Crippen LogP contribution in [0.3, 0.4) is 0 Å². The molecule has 0 aliphatic rings. The van der Waals surface area contributed by atoms with Gasteiger partial charge in [0.1, 0.15) is 36.2 Å². The number of aliphatic hydroxyl groups is 2. The Morgan fingerprint density at radius 3 is 1.37 bits per heavy atom. The highest BCUT2D eigenvalue weighted by Crippen LogP contribution is 2.36. The average Bonchev–Trinajstić information content (AvgIpc) is 3.11. The molecule has 54 heavy (non-hydrogen) atoms. The maximum absolute atomic E-state index is 10.8. The van der Waals surface area contributed by atoms with Crippen molar-refractivity contribution in [2.45, 2.75) is 65.2 Å². The summed E-state index contributed by atoms with van der Waals surface area (Å²) in [7, 11) is 3.07. The van der Waals surface area contributed by atoms with Crippen molar-refractivity contribution < 1.29 is 49.0 Å². The van der Waals surface area contributed by atoms with Gasteiger partial charge in [-0.25, -0.2) is 0 Å². The van der Waals surface area contributed by atoms with Crippen molar-refractivity contribution in [3.8, 4) is 34.1 Å². The molecule has 0 saturated heterocycles. The van der Waals surface area contributed by atoms with Crippen molar-refractivity contribution in [2.24, 2.45) is 0 Å². The fourth-order valence-corrected chi connectivity index (χ4v) is 6.38. The maximum atomic E-state index is 10.8. The van der Waals surface area contributed by atoms with Gasteiger partial charge in [-0.15, -0.1) is 0 Å². The highest BCUT2D eigenvalue weighted by atomic mass is 35.5. The molecule has 0 spiro atoms. The first-order valence-electron chi connectivity index (χ1n) is 17.2. The van der Waals surface area contributed by atoms with Gasteiger partial charge >= 0.3 is 11.9 Å². The molecule has 290 valence electrons. The number of carboxylic acids is 2. The van der Waals surface area contributed by atoms with E-state index < -0.39 is 24.1 Å². The summed E-state index contributed by atoms with van der Waals surface area (Å²) in [6, 6.07) is 19.0. The Hall–Kier alpha value is -4.56.